The van der Waals surface area contributed by atoms with Gasteiger partial charge in [0, 0.05) is 19.3 Å². The molecule has 0 saturated heterocycles. The highest BCUT2D eigenvalue weighted by Gasteiger charge is 2.19. The molecule has 0 aliphatic carbocycles. The van der Waals surface area contributed by atoms with Crippen LogP contribution in [0.2, 0.25) is 0 Å². The van der Waals surface area contributed by atoms with Crippen LogP contribution < -0.4 is 0 Å². The number of ether oxygens (including phenoxy) is 3. The molecule has 0 aliphatic heterocycles. The number of unbranched alkanes of at least 4 members (excludes halogenated alkanes) is 28. The molecule has 0 fully saturated rings. The maximum absolute atomic E-state index is 12.9. The van der Waals surface area contributed by atoms with E-state index in [1.807, 2.05) is 0 Å². The lowest BCUT2D eigenvalue weighted by Crippen LogP contribution is -2.30. The van der Waals surface area contributed by atoms with E-state index in [4.69, 9.17) is 14.2 Å². The van der Waals surface area contributed by atoms with Crippen molar-refractivity contribution in [3.8, 4) is 0 Å². The minimum absolute atomic E-state index is 0.0928. The molecule has 0 bridgehead atoms. The Labute approximate surface area is 433 Å². The SMILES string of the molecule is CC/C=C\C/C=C\C/C=C\C/C=C\C/C=C\CCCCCC(=O)OC[C@@H](COC(=O)CCCCCCC/C=C\C/C=C\CCCCC)OC(=O)CCCCCCCCCCCCCCCCCCCC. The van der Waals surface area contributed by atoms with Crippen LogP contribution in [0.15, 0.2) is 85.1 Å². The first-order chi connectivity index (χ1) is 34.5. The van der Waals surface area contributed by atoms with Gasteiger partial charge in [-0.3, -0.25) is 14.4 Å². The van der Waals surface area contributed by atoms with Crippen LogP contribution in [0.1, 0.15) is 284 Å². The molecule has 0 saturated carbocycles. The minimum atomic E-state index is -0.795. The molecular weight excluding hydrogens is 865 g/mol. The summed E-state index contributed by atoms with van der Waals surface area (Å²) in [6.45, 7) is 6.48. The largest absolute Gasteiger partial charge is 0.462 e. The predicted molar refractivity (Wildman–Crippen MR) is 302 cm³/mol. The van der Waals surface area contributed by atoms with Crippen molar-refractivity contribution in [3.63, 3.8) is 0 Å². The Bertz CT molecular complexity index is 1350. The summed E-state index contributed by atoms with van der Waals surface area (Å²) in [5.41, 5.74) is 0. The molecule has 402 valence electrons. The Kier molecular flexibility index (Phi) is 55.3. The highest BCUT2D eigenvalue weighted by Crippen LogP contribution is 2.16. The van der Waals surface area contributed by atoms with E-state index in [-0.39, 0.29) is 31.1 Å². The van der Waals surface area contributed by atoms with Crippen LogP contribution in [0.4, 0.5) is 0 Å². The molecule has 0 amide bonds. The highest BCUT2D eigenvalue weighted by molar-refractivity contribution is 5.71. The van der Waals surface area contributed by atoms with Crippen LogP contribution in [0.5, 0.6) is 0 Å². The van der Waals surface area contributed by atoms with Crippen LogP contribution in [-0.2, 0) is 28.6 Å². The number of allylic oxidation sites excluding steroid dienone is 14. The molecule has 0 aliphatic rings. The number of esters is 3. The number of hydrogen-bond acceptors (Lipinski definition) is 6. The molecule has 0 heterocycles. The van der Waals surface area contributed by atoms with Gasteiger partial charge >= 0.3 is 17.9 Å². The Morgan fingerprint density at radius 2 is 0.557 bits per heavy atom. The predicted octanol–water partition coefficient (Wildman–Crippen LogP) is 19.9. The second kappa shape index (κ2) is 58.2. The van der Waals surface area contributed by atoms with E-state index in [1.54, 1.807) is 0 Å². The standard InChI is InChI=1S/C64H110O6/c1-4-7-10-13-16-19-22-25-28-30-32-34-36-39-42-45-48-51-54-57-63(66)69-60-61(59-68-62(65)56-53-50-47-44-41-38-35-27-24-21-18-15-12-9-6-3)70-64(67)58-55-52-49-46-43-40-37-33-31-29-26-23-20-17-14-11-8-5-2/h7,10,16,18-19,21,25,27-28,32,34-35,39,42,61H,4-6,8-9,11-15,17,20,22-24,26,29-31,33,36-38,40-41,43-60H2,1-3H3/b10-7-,19-16-,21-18-,28-25-,34-32-,35-27-,42-39-/t61-/m1/s1. The van der Waals surface area contributed by atoms with Gasteiger partial charge in [-0.2, -0.15) is 0 Å². The third-order valence-electron chi connectivity index (χ3n) is 12.6. The van der Waals surface area contributed by atoms with E-state index in [9.17, 15) is 14.4 Å². The zero-order chi connectivity index (χ0) is 50.7. The van der Waals surface area contributed by atoms with Gasteiger partial charge < -0.3 is 14.2 Å². The summed E-state index contributed by atoms with van der Waals surface area (Å²) in [7, 11) is 0. The third kappa shape index (κ3) is 55.5. The van der Waals surface area contributed by atoms with Gasteiger partial charge in [-0.05, 0) is 96.3 Å². The van der Waals surface area contributed by atoms with Crippen LogP contribution in [0.25, 0.3) is 0 Å². The Hall–Kier alpha value is -3.41. The van der Waals surface area contributed by atoms with E-state index in [0.717, 1.165) is 122 Å². The first-order valence-corrected chi connectivity index (χ1v) is 29.6. The lowest BCUT2D eigenvalue weighted by atomic mass is 10.0. The molecule has 6 heteroatoms. The average molecular weight is 976 g/mol. The van der Waals surface area contributed by atoms with Gasteiger partial charge in [0.1, 0.15) is 13.2 Å². The zero-order valence-corrected chi connectivity index (χ0v) is 46.0. The van der Waals surface area contributed by atoms with Crippen molar-refractivity contribution in [1.82, 2.24) is 0 Å². The fourth-order valence-electron chi connectivity index (χ4n) is 8.21. The summed E-state index contributed by atoms with van der Waals surface area (Å²) < 4.78 is 16.9. The molecule has 70 heavy (non-hydrogen) atoms. The molecule has 0 spiro atoms. The van der Waals surface area contributed by atoms with Crippen LogP contribution in [0.3, 0.4) is 0 Å². The quantitative estimate of drug-likeness (QED) is 0.0261. The van der Waals surface area contributed by atoms with Gasteiger partial charge in [0.15, 0.2) is 6.10 Å². The maximum Gasteiger partial charge on any atom is 0.306 e. The van der Waals surface area contributed by atoms with Gasteiger partial charge in [0.05, 0.1) is 0 Å². The number of carbonyl (C=O) groups is 3. The van der Waals surface area contributed by atoms with E-state index < -0.39 is 6.10 Å². The number of rotatable bonds is 53. The van der Waals surface area contributed by atoms with E-state index >= 15 is 0 Å². The van der Waals surface area contributed by atoms with Crippen molar-refractivity contribution >= 4 is 17.9 Å². The lowest BCUT2D eigenvalue weighted by molar-refractivity contribution is -0.167. The second-order valence-electron chi connectivity index (χ2n) is 19.5. The minimum Gasteiger partial charge on any atom is -0.462 e. The summed E-state index contributed by atoms with van der Waals surface area (Å²) in [6.07, 6.45) is 75.7. The smallest absolute Gasteiger partial charge is 0.306 e. The average Bonchev–Trinajstić information content (AvgIpc) is 3.36. The van der Waals surface area contributed by atoms with Crippen LogP contribution >= 0.6 is 0 Å². The van der Waals surface area contributed by atoms with Gasteiger partial charge in [-0.25, -0.2) is 0 Å². The Morgan fingerprint density at radius 3 is 0.914 bits per heavy atom. The van der Waals surface area contributed by atoms with E-state index in [0.29, 0.717) is 19.3 Å². The summed E-state index contributed by atoms with van der Waals surface area (Å²) in [6, 6.07) is 0. The number of carbonyl (C=O) groups excluding carboxylic acids is 3. The van der Waals surface area contributed by atoms with Crippen molar-refractivity contribution in [2.45, 2.75) is 290 Å². The molecule has 0 radical (unpaired) electrons. The zero-order valence-electron chi connectivity index (χ0n) is 46.0. The van der Waals surface area contributed by atoms with E-state index in [1.165, 1.54) is 122 Å². The first kappa shape index (κ1) is 66.6. The van der Waals surface area contributed by atoms with Crippen molar-refractivity contribution in [1.29, 1.82) is 0 Å². The van der Waals surface area contributed by atoms with Crippen molar-refractivity contribution < 1.29 is 28.6 Å². The van der Waals surface area contributed by atoms with Gasteiger partial charge in [-0.15, -0.1) is 0 Å². The maximum atomic E-state index is 12.9. The Balaban J connectivity index is 4.44. The molecule has 0 N–H and O–H groups in total. The fraction of sp³-hybridized carbons (Fsp3) is 0.734. The molecule has 1 atom stereocenters. The summed E-state index contributed by atoms with van der Waals surface area (Å²) in [4.78, 5) is 38.2. The summed E-state index contributed by atoms with van der Waals surface area (Å²) in [5, 5.41) is 0. The van der Waals surface area contributed by atoms with Crippen LogP contribution in [-0.4, -0.2) is 37.2 Å². The first-order valence-electron chi connectivity index (χ1n) is 29.6. The van der Waals surface area contributed by atoms with Crippen LogP contribution in [0, 0.1) is 0 Å². The van der Waals surface area contributed by atoms with Gasteiger partial charge in [0.25, 0.3) is 0 Å². The molecule has 0 aromatic rings. The second-order valence-corrected chi connectivity index (χ2v) is 19.5. The summed E-state index contributed by atoms with van der Waals surface area (Å²) in [5.74, 6) is -0.928. The van der Waals surface area contributed by atoms with Crippen molar-refractivity contribution in [3.05, 3.63) is 85.1 Å². The fourth-order valence-corrected chi connectivity index (χ4v) is 8.21. The monoisotopic (exact) mass is 975 g/mol. The normalized spacial score (nSPS) is 12.7. The molecule has 0 aromatic carbocycles. The topological polar surface area (TPSA) is 78.9 Å². The molecule has 0 unspecified atom stereocenters. The highest BCUT2D eigenvalue weighted by atomic mass is 16.6. The summed E-state index contributed by atoms with van der Waals surface area (Å²) >= 11 is 0. The van der Waals surface area contributed by atoms with Crippen molar-refractivity contribution in [2.24, 2.45) is 0 Å². The lowest BCUT2D eigenvalue weighted by Gasteiger charge is -2.18. The van der Waals surface area contributed by atoms with Crippen molar-refractivity contribution in [2.75, 3.05) is 13.2 Å². The van der Waals surface area contributed by atoms with E-state index in [2.05, 4.69) is 106 Å². The molecule has 6 nitrogen and oxygen atoms in total. The molecular formula is C64H110O6. The number of hydrogen-bond donors (Lipinski definition) is 0. The third-order valence-corrected chi connectivity index (χ3v) is 12.6. The van der Waals surface area contributed by atoms with Gasteiger partial charge in [-0.1, -0.05) is 254 Å². The molecule has 0 aromatic heterocycles. The van der Waals surface area contributed by atoms with Gasteiger partial charge in [0.2, 0.25) is 0 Å². The Morgan fingerprint density at radius 1 is 0.300 bits per heavy atom. The molecule has 0 rings (SSSR count).